The van der Waals surface area contributed by atoms with Gasteiger partial charge in [-0.25, -0.2) is 4.79 Å². The summed E-state index contributed by atoms with van der Waals surface area (Å²) in [6.45, 7) is 2.54. The van der Waals surface area contributed by atoms with Crippen LogP contribution in [-0.4, -0.2) is 40.4 Å². The predicted octanol–water partition coefficient (Wildman–Crippen LogP) is 1.56. The van der Waals surface area contributed by atoms with E-state index in [1.807, 2.05) is 25.1 Å². The van der Waals surface area contributed by atoms with Gasteiger partial charge in [0, 0.05) is 19.8 Å². The Morgan fingerprint density at radius 2 is 2.17 bits per heavy atom. The van der Waals surface area contributed by atoms with E-state index in [9.17, 15) is 9.59 Å². The van der Waals surface area contributed by atoms with E-state index in [4.69, 9.17) is 9.47 Å². The minimum absolute atomic E-state index is 0.0425. The molecule has 0 atom stereocenters. The van der Waals surface area contributed by atoms with Gasteiger partial charge < -0.3 is 19.4 Å². The van der Waals surface area contributed by atoms with Crippen molar-refractivity contribution in [3.8, 4) is 11.5 Å². The zero-order valence-electron chi connectivity index (χ0n) is 13.4. The number of nitrogens with one attached hydrogen (secondary N) is 1. The molecule has 8 heteroatoms. The van der Waals surface area contributed by atoms with Crippen LogP contribution in [-0.2, 0) is 11.3 Å². The molecule has 1 amide bonds. The number of aromatic nitrogens is 2. The van der Waals surface area contributed by atoms with Crippen LogP contribution in [0.4, 0.5) is 0 Å². The van der Waals surface area contributed by atoms with Crippen molar-refractivity contribution in [3.63, 3.8) is 0 Å². The number of carbonyl (C=O) groups excluding carboxylic acids is 1. The quantitative estimate of drug-likeness (QED) is 0.653. The summed E-state index contributed by atoms with van der Waals surface area (Å²) in [5, 5.41) is 0.573. The highest BCUT2D eigenvalue weighted by molar-refractivity contribution is 7.99. The molecule has 126 valence electrons. The second kappa shape index (κ2) is 6.96. The Morgan fingerprint density at radius 1 is 1.38 bits per heavy atom. The number of nitrogens with zero attached hydrogens (tertiary/aromatic N) is 2. The second-order valence-corrected chi connectivity index (χ2v) is 6.38. The number of fused-ring (bicyclic) bond motifs is 1. The maximum atomic E-state index is 12.3. The van der Waals surface area contributed by atoms with Crippen molar-refractivity contribution in [1.82, 2.24) is 14.9 Å². The first-order chi connectivity index (χ1) is 11.5. The molecular weight excluding hydrogens is 330 g/mol. The summed E-state index contributed by atoms with van der Waals surface area (Å²) < 4.78 is 10.6. The molecule has 0 bridgehead atoms. The highest BCUT2D eigenvalue weighted by atomic mass is 32.2. The lowest BCUT2D eigenvalue weighted by atomic mass is 10.2. The topological polar surface area (TPSA) is 84.5 Å². The van der Waals surface area contributed by atoms with Gasteiger partial charge in [-0.1, -0.05) is 17.8 Å². The molecule has 1 aliphatic heterocycles. The van der Waals surface area contributed by atoms with E-state index in [2.05, 4.69) is 9.97 Å². The third-order valence-corrected chi connectivity index (χ3v) is 4.65. The molecule has 1 N–H and O–H groups in total. The van der Waals surface area contributed by atoms with Gasteiger partial charge in [-0.3, -0.25) is 4.79 Å². The molecule has 2 aromatic rings. The van der Waals surface area contributed by atoms with E-state index in [1.54, 1.807) is 18.1 Å². The normalized spacial score (nSPS) is 12.2. The van der Waals surface area contributed by atoms with E-state index in [1.165, 1.54) is 11.8 Å². The van der Waals surface area contributed by atoms with Crippen molar-refractivity contribution in [3.05, 3.63) is 46.0 Å². The Hall–Kier alpha value is -2.48. The van der Waals surface area contributed by atoms with Crippen LogP contribution in [0.5, 0.6) is 11.5 Å². The molecule has 24 heavy (non-hydrogen) atoms. The van der Waals surface area contributed by atoms with Crippen molar-refractivity contribution >= 4 is 17.7 Å². The largest absolute Gasteiger partial charge is 0.454 e. The number of aromatic amines is 1. The fourth-order valence-corrected chi connectivity index (χ4v) is 3.15. The lowest BCUT2D eigenvalue weighted by Crippen LogP contribution is -2.28. The number of thioether (sulfide) groups is 1. The molecule has 7 nitrogen and oxygen atoms in total. The fourth-order valence-electron chi connectivity index (χ4n) is 2.23. The summed E-state index contributed by atoms with van der Waals surface area (Å²) in [5.74, 6) is 1.60. The van der Waals surface area contributed by atoms with Crippen LogP contribution in [0.15, 0.2) is 34.2 Å². The zero-order chi connectivity index (χ0) is 17.1. The molecule has 3 rings (SSSR count). The second-order valence-electron chi connectivity index (χ2n) is 5.42. The standard InChI is InChI=1S/C16H17N3O4S/c1-10-6-17-16(21)18-15(10)24-8-14(20)19(2)7-11-3-4-12-13(5-11)23-9-22-12/h3-6H,7-9H2,1-2H3,(H,17,18,21). The number of ether oxygens (including phenoxy) is 2. The van der Waals surface area contributed by atoms with Crippen LogP contribution >= 0.6 is 11.8 Å². The Bertz CT molecular complexity index is 821. The maximum absolute atomic E-state index is 12.3. The molecule has 0 radical (unpaired) electrons. The highest BCUT2D eigenvalue weighted by Gasteiger charge is 2.16. The van der Waals surface area contributed by atoms with Crippen molar-refractivity contribution in [2.45, 2.75) is 18.5 Å². The van der Waals surface area contributed by atoms with Crippen LogP contribution in [0.1, 0.15) is 11.1 Å². The molecule has 0 unspecified atom stereocenters. The first-order valence-electron chi connectivity index (χ1n) is 7.34. The van der Waals surface area contributed by atoms with Gasteiger partial charge >= 0.3 is 5.69 Å². The van der Waals surface area contributed by atoms with Crippen molar-refractivity contribution in [1.29, 1.82) is 0 Å². The van der Waals surface area contributed by atoms with E-state index in [-0.39, 0.29) is 18.5 Å². The van der Waals surface area contributed by atoms with Gasteiger partial charge in [-0.15, -0.1) is 0 Å². The molecule has 0 aliphatic carbocycles. The average molecular weight is 347 g/mol. The summed E-state index contributed by atoms with van der Waals surface area (Å²) in [7, 11) is 1.74. The van der Waals surface area contributed by atoms with Gasteiger partial charge in [-0.2, -0.15) is 4.98 Å². The van der Waals surface area contributed by atoms with Crippen molar-refractivity contribution in [2.24, 2.45) is 0 Å². The molecule has 0 saturated heterocycles. The minimum atomic E-state index is -0.413. The molecule has 2 heterocycles. The highest BCUT2D eigenvalue weighted by Crippen LogP contribution is 2.32. The van der Waals surface area contributed by atoms with E-state index < -0.39 is 5.69 Å². The SMILES string of the molecule is Cc1c[nH]c(=O)nc1SCC(=O)N(C)Cc1ccc2c(c1)OCO2. The Labute approximate surface area is 143 Å². The number of H-pyrrole nitrogens is 1. The number of hydrogen-bond donors (Lipinski definition) is 1. The smallest absolute Gasteiger partial charge is 0.345 e. The molecular formula is C16H17N3O4S. The number of amides is 1. The summed E-state index contributed by atoms with van der Waals surface area (Å²) in [6, 6.07) is 5.63. The molecule has 1 aliphatic rings. The molecule has 1 aromatic heterocycles. The summed E-state index contributed by atoms with van der Waals surface area (Å²) in [4.78, 5) is 31.6. The van der Waals surface area contributed by atoms with E-state index in [0.29, 0.717) is 17.3 Å². The molecule has 0 fully saturated rings. The minimum Gasteiger partial charge on any atom is -0.454 e. The number of aryl methyl sites for hydroxylation is 1. The lowest BCUT2D eigenvalue weighted by Gasteiger charge is -2.17. The third-order valence-electron chi connectivity index (χ3n) is 3.57. The number of hydrogen-bond acceptors (Lipinski definition) is 6. The third kappa shape index (κ3) is 3.70. The Morgan fingerprint density at radius 3 is 3.00 bits per heavy atom. The van der Waals surface area contributed by atoms with Crippen LogP contribution in [0.25, 0.3) is 0 Å². The Kier molecular flexibility index (Phi) is 4.75. The van der Waals surface area contributed by atoms with Crippen LogP contribution in [0.2, 0.25) is 0 Å². The fraction of sp³-hybridized carbons (Fsp3) is 0.312. The number of rotatable bonds is 5. The van der Waals surface area contributed by atoms with Gasteiger partial charge in [0.25, 0.3) is 0 Å². The van der Waals surface area contributed by atoms with Crippen LogP contribution in [0, 0.1) is 6.92 Å². The van der Waals surface area contributed by atoms with Gasteiger partial charge in [-0.05, 0) is 30.2 Å². The molecule has 0 saturated carbocycles. The molecule has 1 aromatic carbocycles. The predicted molar refractivity (Wildman–Crippen MR) is 89.4 cm³/mol. The van der Waals surface area contributed by atoms with Crippen LogP contribution in [0.3, 0.4) is 0 Å². The first kappa shape index (κ1) is 16.4. The Balaban J connectivity index is 1.58. The lowest BCUT2D eigenvalue weighted by molar-refractivity contribution is -0.127. The van der Waals surface area contributed by atoms with Gasteiger partial charge in [0.2, 0.25) is 12.7 Å². The van der Waals surface area contributed by atoms with Crippen molar-refractivity contribution in [2.75, 3.05) is 19.6 Å². The van der Waals surface area contributed by atoms with Gasteiger partial charge in [0.05, 0.1) is 5.75 Å². The van der Waals surface area contributed by atoms with Crippen LogP contribution < -0.4 is 15.2 Å². The summed E-state index contributed by atoms with van der Waals surface area (Å²) >= 11 is 1.26. The monoisotopic (exact) mass is 347 g/mol. The zero-order valence-corrected chi connectivity index (χ0v) is 14.2. The van der Waals surface area contributed by atoms with E-state index >= 15 is 0 Å². The summed E-state index contributed by atoms with van der Waals surface area (Å²) in [6.07, 6.45) is 1.60. The van der Waals surface area contributed by atoms with Gasteiger partial charge in [0.1, 0.15) is 5.03 Å². The average Bonchev–Trinajstić information content (AvgIpc) is 3.03. The van der Waals surface area contributed by atoms with E-state index in [0.717, 1.165) is 16.9 Å². The first-order valence-corrected chi connectivity index (χ1v) is 8.33. The van der Waals surface area contributed by atoms with Crippen molar-refractivity contribution < 1.29 is 14.3 Å². The number of carbonyl (C=O) groups is 1. The summed E-state index contributed by atoms with van der Waals surface area (Å²) in [5.41, 5.74) is 1.39. The maximum Gasteiger partial charge on any atom is 0.345 e. The molecule has 0 spiro atoms. The number of benzene rings is 1. The van der Waals surface area contributed by atoms with Gasteiger partial charge in [0.15, 0.2) is 11.5 Å².